The SMILES string of the molecule is O=C(C1CCN(c2ncc(Br)cc2Cl)C1)N1CCCCC1. The predicted octanol–water partition coefficient (Wildman–Crippen LogP) is 3.34. The van der Waals surface area contributed by atoms with E-state index in [9.17, 15) is 4.79 Å². The van der Waals surface area contributed by atoms with Crippen LogP contribution in [0.4, 0.5) is 5.82 Å². The Morgan fingerprint density at radius 2 is 2.05 bits per heavy atom. The van der Waals surface area contributed by atoms with Gasteiger partial charge in [0, 0.05) is 36.8 Å². The monoisotopic (exact) mass is 371 g/mol. The van der Waals surface area contributed by atoms with Crippen LogP contribution in [0.2, 0.25) is 5.02 Å². The number of halogens is 2. The van der Waals surface area contributed by atoms with Crippen LogP contribution in [0.3, 0.4) is 0 Å². The average Bonchev–Trinajstić information content (AvgIpc) is 2.97. The lowest BCUT2D eigenvalue weighted by molar-refractivity contribution is -0.135. The molecule has 0 spiro atoms. The third-order valence-corrected chi connectivity index (χ3v) is 5.00. The molecule has 1 aromatic rings. The summed E-state index contributed by atoms with van der Waals surface area (Å²) < 4.78 is 0.872. The molecule has 0 saturated carbocycles. The Bertz CT molecular complexity index is 534. The molecule has 0 aliphatic carbocycles. The fraction of sp³-hybridized carbons (Fsp3) is 0.600. The summed E-state index contributed by atoms with van der Waals surface area (Å²) in [4.78, 5) is 21.1. The Morgan fingerprint density at radius 3 is 2.76 bits per heavy atom. The second-order valence-electron chi connectivity index (χ2n) is 5.78. The van der Waals surface area contributed by atoms with Crippen molar-refractivity contribution in [2.45, 2.75) is 25.7 Å². The fourth-order valence-corrected chi connectivity index (χ4v) is 3.92. The summed E-state index contributed by atoms with van der Waals surface area (Å²) in [5.41, 5.74) is 0. The average molecular weight is 373 g/mol. The van der Waals surface area contributed by atoms with E-state index in [0.717, 1.165) is 55.7 Å². The number of hydrogen-bond donors (Lipinski definition) is 0. The summed E-state index contributed by atoms with van der Waals surface area (Å²) >= 11 is 9.62. The first kappa shape index (κ1) is 15.1. The van der Waals surface area contributed by atoms with Crippen LogP contribution in [-0.4, -0.2) is 42.0 Å². The highest BCUT2D eigenvalue weighted by atomic mass is 79.9. The van der Waals surface area contributed by atoms with Gasteiger partial charge < -0.3 is 9.80 Å². The predicted molar refractivity (Wildman–Crippen MR) is 87.7 cm³/mol. The van der Waals surface area contributed by atoms with Crippen LogP contribution in [0.5, 0.6) is 0 Å². The Balaban J connectivity index is 1.66. The van der Waals surface area contributed by atoms with Gasteiger partial charge in [0.25, 0.3) is 0 Å². The van der Waals surface area contributed by atoms with E-state index in [2.05, 4.69) is 25.8 Å². The smallest absolute Gasteiger partial charge is 0.227 e. The van der Waals surface area contributed by atoms with Gasteiger partial charge in [0.05, 0.1) is 10.9 Å². The van der Waals surface area contributed by atoms with Crippen LogP contribution in [0.25, 0.3) is 0 Å². The molecule has 0 bridgehead atoms. The number of pyridine rings is 1. The van der Waals surface area contributed by atoms with Gasteiger partial charge in [-0.3, -0.25) is 4.79 Å². The highest BCUT2D eigenvalue weighted by Gasteiger charge is 2.33. The highest BCUT2D eigenvalue weighted by molar-refractivity contribution is 9.10. The lowest BCUT2D eigenvalue weighted by Gasteiger charge is -2.29. The second kappa shape index (κ2) is 6.53. The zero-order chi connectivity index (χ0) is 14.8. The van der Waals surface area contributed by atoms with Gasteiger partial charge in [-0.05, 0) is 47.7 Å². The molecule has 114 valence electrons. The van der Waals surface area contributed by atoms with Gasteiger partial charge in [0.15, 0.2) is 0 Å². The molecule has 0 N–H and O–H groups in total. The van der Waals surface area contributed by atoms with E-state index in [-0.39, 0.29) is 5.92 Å². The minimum absolute atomic E-state index is 0.0876. The maximum Gasteiger partial charge on any atom is 0.227 e. The summed E-state index contributed by atoms with van der Waals surface area (Å²) in [5.74, 6) is 1.18. The number of piperidine rings is 1. The lowest BCUT2D eigenvalue weighted by Crippen LogP contribution is -2.40. The molecule has 1 unspecified atom stereocenters. The molecular weight excluding hydrogens is 354 g/mol. The number of rotatable bonds is 2. The van der Waals surface area contributed by atoms with Crippen molar-refractivity contribution in [2.75, 3.05) is 31.1 Å². The van der Waals surface area contributed by atoms with Crippen molar-refractivity contribution in [3.05, 3.63) is 21.8 Å². The third kappa shape index (κ3) is 3.34. The zero-order valence-corrected chi connectivity index (χ0v) is 14.2. The number of anilines is 1. The number of amides is 1. The third-order valence-electron chi connectivity index (χ3n) is 4.29. The van der Waals surface area contributed by atoms with Crippen molar-refractivity contribution >= 4 is 39.3 Å². The van der Waals surface area contributed by atoms with E-state index in [1.165, 1.54) is 6.42 Å². The van der Waals surface area contributed by atoms with E-state index >= 15 is 0 Å². The number of carbonyl (C=O) groups excluding carboxylic acids is 1. The summed E-state index contributed by atoms with van der Waals surface area (Å²) in [7, 11) is 0. The van der Waals surface area contributed by atoms with Crippen molar-refractivity contribution in [1.82, 2.24) is 9.88 Å². The Labute approximate surface area is 138 Å². The maximum absolute atomic E-state index is 12.6. The standard InChI is InChI=1S/C15H19BrClN3O/c16-12-8-13(17)14(18-9-12)20-7-4-11(10-20)15(21)19-5-2-1-3-6-19/h8-9,11H,1-7,10H2. The number of nitrogens with zero attached hydrogens (tertiary/aromatic N) is 3. The minimum Gasteiger partial charge on any atom is -0.355 e. The van der Waals surface area contributed by atoms with E-state index in [1.54, 1.807) is 6.20 Å². The summed E-state index contributed by atoms with van der Waals surface area (Å²) in [6.45, 7) is 3.42. The van der Waals surface area contributed by atoms with Gasteiger partial charge >= 0.3 is 0 Å². The van der Waals surface area contributed by atoms with Crippen molar-refractivity contribution in [1.29, 1.82) is 0 Å². The highest BCUT2D eigenvalue weighted by Crippen LogP contribution is 2.31. The molecule has 2 saturated heterocycles. The molecule has 3 rings (SSSR count). The van der Waals surface area contributed by atoms with Gasteiger partial charge in [0.2, 0.25) is 5.91 Å². The molecule has 2 fully saturated rings. The van der Waals surface area contributed by atoms with Gasteiger partial charge in [-0.15, -0.1) is 0 Å². The van der Waals surface area contributed by atoms with E-state index in [4.69, 9.17) is 11.6 Å². The first-order valence-corrected chi connectivity index (χ1v) is 8.67. The van der Waals surface area contributed by atoms with Crippen molar-refractivity contribution < 1.29 is 4.79 Å². The summed E-state index contributed by atoms with van der Waals surface area (Å²) in [6.07, 6.45) is 6.17. The molecule has 2 aliphatic heterocycles. The molecular formula is C15H19BrClN3O. The van der Waals surface area contributed by atoms with E-state index in [0.29, 0.717) is 10.9 Å². The van der Waals surface area contributed by atoms with Crippen molar-refractivity contribution in [2.24, 2.45) is 5.92 Å². The van der Waals surface area contributed by atoms with Crippen molar-refractivity contribution in [3.8, 4) is 0 Å². The molecule has 0 aromatic carbocycles. The van der Waals surface area contributed by atoms with E-state index in [1.807, 2.05) is 11.0 Å². The van der Waals surface area contributed by atoms with Crippen molar-refractivity contribution in [3.63, 3.8) is 0 Å². The van der Waals surface area contributed by atoms with Gasteiger partial charge in [-0.1, -0.05) is 11.6 Å². The maximum atomic E-state index is 12.6. The number of carbonyl (C=O) groups is 1. The second-order valence-corrected chi connectivity index (χ2v) is 7.10. The quantitative estimate of drug-likeness (QED) is 0.799. The fourth-order valence-electron chi connectivity index (χ4n) is 3.17. The van der Waals surface area contributed by atoms with Crippen LogP contribution >= 0.6 is 27.5 Å². The topological polar surface area (TPSA) is 36.4 Å². The van der Waals surface area contributed by atoms with Crippen LogP contribution in [0.1, 0.15) is 25.7 Å². The number of likely N-dealkylation sites (tertiary alicyclic amines) is 1. The summed E-state index contributed by atoms with van der Waals surface area (Å²) in [5, 5.41) is 0.635. The minimum atomic E-state index is 0.0876. The van der Waals surface area contributed by atoms with Crippen LogP contribution < -0.4 is 4.90 Å². The Kier molecular flexibility index (Phi) is 4.69. The molecule has 1 atom stereocenters. The van der Waals surface area contributed by atoms with E-state index < -0.39 is 0 Å². The molecule has 21 heavy (non-hydrogen) atoms. The zero-order valence-electron chi connectivity index (χ0n) is 11.9. The summed E-state index contributed by atoms with van der Waals surface area (Å²) in [6, 6.07) is 1.85. The van der Waals surface area contributed by atoms with Gasteiger partial charge in [-0.25, -0.2) is 4.98 Å². The number of hydrogen-bond acceptors (Lipinski definition) is 3. The number of aromatic nitrogens is 1. The molecule has 0 radical (unpaired) electrons. The molecule has 2 aliphatic rings. The molecule has 1 amide bonds. The Hall–Kier alpha value is -0.810. The lowest BCUT2D eigenvalue weighted by atomic mass is 10.0. The molecule has 1 aromatic heterocycles. The van der Waals surface area contributed by atoms with Gasteiger partial charge in [-0.2, -0.15) is 0 Å². The normalized spacial score (nSPS) is 22.7. The molecule has 3 heterocycles. The Morgan fingerprint density at radius 1 is 1.29 bits per heavy atom. The van der Waals surface area contributed by atoms with Crippen LogP contribution in [0.15, 0.2) is 16.7 Å². The largest absolute Gasteiger partial charge is 0.355 e. The van der Waals surface area contributed by atoms with Crippen LogP contribution in [-0.2, 0) is 4.79 Å². The molecule has 4 nitrogen and oxygen atoms in total. The van der Waals surface area contributed by atoms with Gasteiger partial charge in [0.1, 0.15) is 5.82 Å². The first-order valence-electron chi connectivity index (χ1n) is 7.50. The van der Waals surface area contributed by atoms with Crippen LogP contribution in [0, 0.1) is 5.92 Å². The first-order chi connectivity index (χ1) is 10.1. The molecule has 6 heteroatoms.